The van der Waals surface area contributed by atoms with Crippen LogP contribution in [0.2, 0.25) is 0 Å². The van der Waals surface area contributed by atoms with E-state index in [9.17, 15) is 5.11 Å². The fraction of sp³-hybridized carbons (Fsp3) is 0.619. The lowest BCUT2D eigenvalue weighted by molar-refractivity contribution is 0.0143. The van der Waals surface area contributed by atoms with E-state index >= 15 is 0 Å². The minimum Gasteiger partial charge on any atom is -0.497 e. The highest BCUT2D eigenvalue weighted by Crippen LogP contribution is 2.58. The summed E-state index contributed by atoms with van der Waals surface area (Å²) < 4.78 is 7.53. The van der Waals surface area contributed by atoms with Gasteiger partial charge < -0.3 is 14.4 Å². The molecular weight excluding hydrogens is 326 g/mol. The van der Waals surface area contributed by atoms with Gasteiger partial charge >= 0.3 is 0 Å². The van der Waals surface area contributed by atoms with Gasteiger partial charge in [0.25, 0.3) is 0 Å². The van der Waals surface area contributed by atoms with E-state index in [0.717, 1.165) is 34.9 Å². The molecule has 1 heterocycles. The molecule has 2 bridgehead atoms. The molecular formula is C21H29N3O2. The lowest BCUT2D eigenvalue weighted by atomic mass is 9.52. The fourth-order valence-electron chi connectivity index (χ4n) is 5.25. The third kappa shape index (κ3) is 2.64. The molecule has 26 heavy (non-hydrogen) atoms. The fourth-order valence-corrected chi connectivity index (χ4v) is 5.25. The number of benzene rings is 1. The monoisotopic (exact) mass is 355 g/mol. The first kappa shape index (κ1) is 17.5. The number of fused-ring (bicyclic) bond motifs is 3. The summed E-state index contributed by atoms with van der Waals surface area (Å²) in [4.78, 5) is 0. The maximum absolute atomic E-state index is 9.41. The summed E-state index contributed by atoms with van der Waals surface area (Å²) in [6.07, 6.45) is 8.08. The van der Waals surface area contributed by atoms with Crippen molar-refractivity contribution in [3.8, 4) is 17.1 Å². The van der Waals surface area contributed by atoms with Crippen molar-refractivity contribution in [2.45, 2.75) is 57.3 Å². The van der Waals surface area contributed by atoms with E-state index in [1.165, 1.54) is 38.5 Å². The molecule has 1 aromatic carbocycles. The Morgan fingerprint density at radius 1 is 1.12 bits per heavy atom. The molecule has 1 aromatic heterocycles. The van der Waals surface area contributed by atoms with Crippen molar-refractivity contribution in [1.29, 1.82) is 0 Å². The van der Waals surface area contributed by atoms with Gasteiger partial charge in [-0.3, -0.25) is 0 Å². The minimum atomic E-state index is 0.164. The van der Waals surface area contributed by atoms with Gasteiger partial charge in [-0.15, -0.1) is 10.2 Å². The Morgan fingerprint density at radius 2 is 1.81 bits per heavy atom. The van der Waals surface area contributed by atoms with Crippen LogP contribution in [0.3, 0.4) is 0 Å². The van der Waals surface area contributed by atoms with Crippen LogP contribution in [0.1, 0.15) is 56.3 Å². The lowest BCUT2D eigenvalue weighted by Gasteiger charge is -2.52. The number of nitrogens with zero attached hydrogens (tertiary/aromatic N) is 3. The molecule has 0 amide bonds. The quantitative estimate of drug-likeness (QED) is 0.887. The predicted molar refractivity (Wildman–Crippen MR) is 101 cm³/mol. The molecule has 5 nitrogen and oxygen atoms in total. The van der Waals surface area contributed by atoms with E-state index in [1.807, 2.05) is 12.1 Å². The van der Waals surface area contributed by atoms with Crippen LogP contribution in [0.25, 0.3) is 11.4 Å². The third-order valence-electron chi connectivity index (χ3n) is 7.07. The Kier molecular flexibility index (Phi) is 4.30. The van der Waals surface area contributed by atoms with E-state index in [1.54, 1.807) is 7.11 Å². The Bertz CT molecular complexity index is 787. The van der Waals surface area contributed by atoms with Crippen LogP contribution in [0.5, 0.6) is 5.75 Å². The third-order valence-corrected chi connectivity index (χ3v) is 7.07. The molecule has 5 heteroatoms. The van der Waals surface area contributed by atoms with Gasteiger partial charge in [0.2, 0.25) is 0 Å². The topological polar surface area (TPSA) is 60.2 Å². The van der Waals surface area contributed by atoms with Crippen molar-refractivity contribution in [3.63, 3.8) is 0 Å². The summed E-state index contributed by atoms with van der Waals surface area (Å²) >= 11 is 0. The normalized spacial score (nSPS) is 27.7. The zero-order valence-corrected chi connectivity index (χ0v) is 16.1. The average Bonchev–Trinajstić information content (AvgIpc) is 3.05. The molecule has 0 atom stereocenters. The second-order valence-corrected chi connectivity index (χ2v) is 8.34. The zero-order valence-electron chi connectivity index (χ0n) is 16.1. The highest BCUT2D eigenvalue weighted by Gasteiger charge is 2.51. The van der Waals surface area contributed by atoms with Gasteiger partial charge in [0.15, 0.2) is 5.82 Å². The summed E-state index contributed by atoms with van der Waals surface area (Å²) in [6, 6.07) is 6.11. The average molecular weight is 355 g/mol. The summed E-state index contributed by atoms with van der Waals surface area (Å²) in [7, 11) is 3.80. The van der Waals surface area contributed by atoms with E-state index in [-0.39, 0.29) is 5.41 Å². The molecule has 3 aliphatic carbocycles. The number of hydrogen-bond acceptors (Lipinski definition) is 4. The number of aliphatic hydroxyl groups is 1. The summed E-state index contributed by atoms with van der Waals surface area (Å²) in [5.41, 5.74) is 2.81. The maximum atomic E-state index is 9.41. The molecule has 0 spiro atoms. The number of rotatable bonds is 5. The second-order valence-electron chi connectivity index (χ2n) is 8.34. The van der Waals surface area contributed by atoms with Crippen molar-refractivity contribution in [2.75, 3.05) is 13.7 Å². The lowest BCUT2D eigenvalue weighted by Crippen LogP contribution is -2.45. The van der Waals surface area contributed by atoms with Gasteiger partial charge in [0, 0.05) is 24.6 Å². The minimum absolute atomic E-state index is 0.164. The number of aliphatic hydroxyl groups excluding tert-OH is 1. The van der Waals surface area contributed by atoms with E-state index in [4.69, 9.17) is 4.74 Å². The molecule has 0 unspecified atom stereocenters. The van der Waals surface area contributed by atoms with Crippen LogP contribution >= 0.6 is 0 Å². The second kappa shape index (κ2) is 6.38. The molecule has 0 saturated heterocycles. The summed E-state index contributed by atoms with van der Waals surface area (Å²) in [5, 5.41) is 18.7. The molecule has 3 saturated carbocycles. The zero-order chi connectivity index (χ0) is 18.4. The largest absolute Gasteiger partial charge is 0.497 e. The molecule has 1 N–H and O–H groups in total. The Balaban J connectivity index is 1.65. The number of hydrogen-bond donors (Lipinski definition) is 1. The molecule has 5 rings (SSSR count). The van der Waals surface area contributed by atoms with Crippen LogP contribution in [-0.2, 0) is 12.5 Å². The predicted octanol–water partition coefficient (Wildman–Crippen LogP) is 3.77. The van der Waals surface area contributed by atoms with Crippen molar-refractivity contribution < 1.29 is 9.84 Å². The maximum Gasteiger partial charge on any atom is 0.163 e. The Hall–Kier alpha value is -1.88. The number of aromatic nitrogens is 3. The van der Waals surface area contributed by atoms with Crippen molar-refractivity contribution in [3.05, 3.63) is 29.6 Å². The van der Waals surface area contributed by atoms with E-state index in [2.05, 4.69) is 34.8 Å². The van der Waals surface area contributed by atoms with E-state index < -0.39 is 0 Å². The van der Waals surface area contributed by atoms with Gasteiger partial charge in [-0.25, -0.2) is 0 Å². The summed E-state index contributed by atoms with van der Waals surface area (Å²) in [5.74, 6) is 2.94. The summed E-state index contributed by atoms with van der Waals surface area (Å²) in [6.45, 7) is 2.41. The standard InChI is InChI=1S/C21H29N3O2/c1-15-14-16(26-3)4-5-17(15)18-22-23-19(24(18)2)21-9-6-20(7-10-21,8-11-21)12-13-25/h4-5,14,25H,6-13H2,1-3H3. The van der Waals surface area contributed by atoms with Crippen LogP contribution in [0.15, 0.2) is 18.2 Å². The molecule has 0 aliphatic heterocycles. The van der Waals surface area contributed by atoms with Gasteiger partial charge in [-0.05, 0) is 81.0 Å². The van der Waals surface area contributed by atoms with Crippen molar-refractivity contribution in [2.24, 2.45) is 12.5 Å². The van der Waals surface area contributed by atoms with Crippen molar-refractivity contribution >= 4 is 0 Å². The molecule has 0 radical (unpaired) electrons. The van der Waals surface area contributed by atoms with Gasteiger partial charge in [-0.1, -0.05) is 0 Å². The molecule has 2 aromatic rings. The molecule has 140 valence electrons. The number of methoxy groups -OCH3 is 1. The first-order chi connectivity index (χ1) is 12.5. The Morgan fingerprint density at radius 3 is 2.38 bits per heavy atom. The van der Waals surface area contributed by atoms with Crippen LogP contribution in [0.4, 0.5) is 0 Å². The van der Waals surface area contributed by atoms with Crippen LogP contribution in [0, 0.1) is 12.3 Å². The van der Waals surface area contributed by atoms with Gasteiger partial charge in [0.1, 0.15) is 11.6 Å². The van der Waals surface area contributed by atoms with Crippen molar-refractivity contribution in [1.82, 2.24) is 14.8 Å². The van der Waals surface area contributed by atoms with E-state index in [0.29, 0.717) is 12.0 Å². The first-order valence-corrected chi connectivity index (χ1v) is 9.68. The SMILES string of the molecule is COc1ccc(-c2nnc(C34CCC(CCO)(CC3)CC4)n2C)c(C)c1. The van der Waals surface area contributed by atoms with Crippen LogP contribution in [-0.4, -0.2) is 33.6 Å². The highest BCUT2D eigenvalue weighted by atomic mass is 16.5. The van der Waals surface area contributed by atoms with Gasteiger partial charge in [-0.2, -0.15) is 0 Å². The molecule has 3 aliphatic rings. The Labute approximate surface area is 155 Å². The number of aryl methyl sites for hydroxylation is 1. The van der Waals surface area contributed by atoms with Gasteiger partial charge in [0.05, 0.1) is 7.11 Å². The first-order valence-electron chi connectivity index (χ1n) is 9.68. The number of ether oxygens (including phenoxy) is 1. The van der Waals surface area contributed by atoms with Crippen LogP contribution < -0.4 is 4.74 Å². The molecule has 3 fully saturated rings. The smallest absolute Gasteiger partial charge is 0.163 e. The highest BCUT2D eigenvalue weighted by molar-refractivity contribution is 5.62.